The molecule has 0 saturated carbocycles. The molecule has 2 aromatic rings. The second-order valence-corrected chi connectivity index (χ2v) is 4.30. The van der Waals surface area contributed by atoms with Gasteiger partial charge in [0.1, 0.15) is 5.82 Å². The maximum absolute atomic E-state index is 12.9. The van der Waals surface area contributed by atoms with Crippen LogP contribution in [-0.4, -0.2) is 5.91 Å². The first kappa shape index (κ1) is 12.6. The molecule has 92 valence electrons. The zero-order chi connectivity index (χ0) is 13.0. The van der Waals surface area contributed by atoms with Crippen molar-refractivity contribution < 1.29 is 9.18 Å². The van der Waals surface area contributed by atoms with Crippen molar-refractivity contribution in [3.63, 3.8) is 0 Å². The van der Waals surface area contributed by atoms with Gasteiger partial charge in [-0.3, -0.25) is 4.79 Å². The van der Waals surface area contributed by atoms with E-state index in [9.17, 15) is 9.18 Å². The third-order valence-corrected chi connectivity index (χ3v) is 2.60. The molecule has 2 nitrogen and oxygen atoms in total. The fraction of sp³-hybridized carbons (Fsp3) is 0.0714. The van der Waals surface area contributed by atoms with Crippen LogP contribution in [0.5, 0.6) is 0 Å². The zero-order valence-corrected chi connectivity index (χ0v) is 10.2. The molecule has 1 amide bonds. The third kappa shape index (κ3) is 3.57. The molecule has 0 fully saturated rings. The normalized spacial score (nSPS) is 10.1. The summed E-state index contributed by atoms with van der Waals surface area (Å²) >= 11 is 5.83. The van der Waals surface area contributed by atoms with Crippen LogP contribution in [0.25, 0.3) is 0 Å². The standard InChI is InChI=1S/C14H11ClFNO/c15-11-4-1-3-10(7-11)8-14(18)17-13-6-2-5-12(16)9-13/h1-7,9H,8H2,(H,17,18). The van der Waals surface area contributed by atoms with E-state index in [1.807, 2.05) is 6.07 Å². The van der Waals surface area contributed by atoms with Crippen molar-refractivity contribution in [3.05, 3.63) is 64.9 Å². The Hall–Kier alpha value is -1.87. The highest BCUT2D eigenvalue weighted by molar-refractivity contribution is 6.30. The molecule has 0 aliphatic heterocycles. The Morgan fingerprint density at radius 1 is 1.17 bits per heavy atom. The maximum atomic E-state index is 12.9. The second-order valence-electron chi connectivity index (χ2n) is 3.87. The number of hydrogen-bond acceptors (Lipinski definition) is 1. The molecule has 1 N–H and O–H groups in total. The predicted octanol–water partition coefficient (Wildman–Crippen LogP) is 3.66. The van der Waals surface area contributed by atoms with Gasteiger partial charge >= 0.3 is 0 Å². The summed E-state index contributed by atoms with van der Waals surface area (Å²) in [4.78, 5) is 11.7. The number of amides is 1. The highest BCUT2D eigenvalue weighted by Crippen LogP contribution is 2.13. The van der Waals surface area contributed by atoms with Gasteiger partial charge in [0.25, 0.3) is 0 Å². The minimum absolute atomic E-state index is 0.205. The van der Waals surface area contributed by atoms with Gasteiger partial charge in [0.15, 0.2) is 0 Å². The summed E-state index contributed by atoms with van der Waals surface area (Å²) in [6.45, 7) is 0. The molecule has 0 bridgehead atoms. The lowest BCUT2D eigenvalue weighted by Gasteiger charge is -2.05. The van der Waals surface area contributed by atoms with Crippen LogP contribution in [-0.2, 0) is 11.2 Å². The largest absolute Gasteiger partial charge is 0.326 e. The first-order chi connectivity index (χ1) is 8.63. The average Bonchev–Trinajstić information content (AvgIpc) is 2.28. The monoisotopic (exact) mass is 263 g/mol. The fourth-order valence-corrected chi connectivity index (χ4v) is 1.82. The molecule has 0 aromatic heterocycles. The fourth-order valence-electron chi connectivity index (χ4n) is 1.60. The van der Waals surface area contributed by atoms with Crippen molar-refractivity contribution in [2.24, 2.45) is 0 Å². The van der Waals surface area contributed by atoms with Gasteiger partial charge in [0.05, 0.1) is 6.42 Å². The van der Waals surface area contributed by atoms with Gasteiger partial charge in [-0.05, 0) is 35.9 Å². The van der Waals surface area contributed by atoms with Crippen LogP contribution in [0, 0.1) is 5.82 Å². The number of carbonyl (C=O) groups excluding carboxylic acids is 1. The molecule has 0 aliphatic carbocycles. The van der Waals surface area contributed by atoms with Gasteiger partial charge in [-0.25, -0.2) is 4.39 Å². The molecule has 0 unspecified atom stereocenters. The van der Waals surface area contributed by atoms with Crippen molar-refractivity contribution in [3.8, 4) is 0 Å². The lowest BCUT2D eigenvalue weighted by Crippen LogP contribution is -2.14. The Bertz CT molecular complexity index is 522. The van der Waals surface area contributed by atoms with E-state index >= 15 is 0 Å². The first-order valence-corrected chi connectivity index (χ1v) is 5.81. The van der Waals surface area contributed by atoms with Gasteiger partial charge in [0.2, 0.25) is 5.91 Å². The molecule has 0 aliphatic rings. The number of nitrogens with one attached hydrogen (secondary N) is 1. The van der Waals surface area contributed by atoms with Crippen LogP contribution in [0.1, 0.15) is 5.56 Å². The Morgan fingerprint density at radius 3 is 2.67 bits per heavy atom. The van der Waals surface area contributed by atoms with Crippen LogP contribution in [0.4, 0.5) is 10.1 Å². The quantitative estimate of drug-likeness (QED) is 0.900. The predicted molar refractivity (Wildman–Crippen MR) is 70.2 cm³/mol. The lowest BCUT2D eigenvalue weighted by atomic mass is 10.1. The molecule has 2 aromatic carbocycles. The summed E-state index contributed by atoms with van der Waals surface area (Å²) in [5, 5.41) is 3.22. The Morgan fingerprint density at radius 2 is 1.94 bits per heavy atom. The second kappa shape index (κ2) is 5.65. The molecule has 18 heavy (non-hydrogen) atoms. The number of halogens is 2. The maximum Gasteiger partial charge on any atom is 0.228 e. The molecular weight excluding hydrogens is 253 g/mol. The van der Waals surface area contributed by atoms with E-state index in [0.29, 0.717) is 10.7 Å². The summed E-state index contributed by atoms with van der Waals surface area (Å²) in [6.07, 6.45) is 0.205. The molecule has 4 heteroatoms. The molecule has 0 atom stereocenters. The van der Waals surface area contributed by atoms with E-state index < -0.39 is 0 Å². The lowest BCUT2D eigenvalue weighted by molar-refractivity contribution is -0.115. The summed E-state index contributed by atoms with van der Waals surface area (Å²) in [5.41, 5.74) is 1.26. The van der Waals surface area contributed by atoms with E-state index in [2.05, 4.69) is 5.32 Å². The number of benzene rings is 2. The van der Waals surface area contributed by atoms with Crippen molar-refractivity contribution >= 4 is 23.2 Å². The Balaban J connectivity index is 2.01. The number of anilines is 1. The van der Waals surface area contributed by atoms with E-state index in [1.165, 1.54) is 12.1 Å². The summed E-state index contributed by atoms with van der Waals surface area (Å²) in [7, 11) is 0. The van der Waals surface area contributed by atoms with Crippen LogP contribution < -0.4 is 5.32 Å². The van der Waals surface area contributed by atoms with Crippen LogP contribution in [0.15, 0.2) is 48.5 Å². The summed E-state index contributed by atoms with van der Waals surface area (Å²) < 4.78 is 12.9. The molecule has 2 rings (SSSR count). The average molecular weight is 264 g/mol. The minimum Gasteiger partial charge on any atom is -0.326 e. The van der Waals surface area contributed by atoms with E-state index in [-0.39, 0.29) is 18.1 Å². The molecule has 0 radical (unpaired) electrons. The van der Waals surface area contributed by atoms with Crippen molar-refractivity contribution in [1.29, 1.82) is 0 Å². The van der Waals surface area contributed by atoms with Gasteiger partial charge in [-0.2, -0.15) is 0 Å². The number of carbonyl (C=O) groups is 1. The van der Waals surface area contributed by atoms with Crippen LogP contribution in [0.3, 0.4) is 0 Å². The molecule has 0 saturated heterocycles. The third-order valence-electron chi connectivity index (χ3n) is 2.36. The van der Waals surface area contributed by atoms with Gasteiger partial charge < -0.3 is 5.32 Å². The highest BCUT2D eigenvalue weighted by Gasteiger charge is 2.05. The van der Waals surface area contributed by atoms with Crippen molar-refractivity contribution in [1.82, 2.24) is 0 Å². The van der Waals surface area contributed by atoms with Gasteiger partial charge in [-0.15, -0.1) is 0 Å². The van der Waals surface area contributed by atoms with E-state index in [0.717, 1.165) is 5.56 Å². The van der Waals surface area contributed by atoms with Gasteiger partial charge in [0, 0.05) is 10.7 Å². The SMILES string of the molecule is O=C(Cc1cccc(Cl)c1)Nc1cccc(F)c1. The molecule has 0 spiro atoms. The number of rotatable bonds is 3. The van der Waals surface area contributed by atoms with Crippen LogP contribution >= 0.6 is 11.6 Å². The summed E-state index contributed by atoms with van der Waals surface area (Å²) in [6, 6.07) is 12.9. The van der Waals surface area contributed by atoms with E-state index in [4.69, 9.17) is 11.6 Å². The van der Waals surface area contributed by atoms with Crippen LogP contribution in [0.2, 0.25) is 5.02 Å². The minimum atomic E-state index is -0.379. The Kier molecular flexibility index (Phi) is 3.95. The zero-order valence-electron chi connectivity index (χ0n) is 9.49. The Labute approximate surface area is 109 Å². The van der Waals surface area contributed by atoms with Gasteiger partial charge in [-0.1, -0.05) is 29.8 Å². The van der Waals surface area contributed by atoms with Crippen molar-refractivity contribution in [2.45, 2.75) is 6.42 Å². The van der Waals surface area contributed by atoms with E-state index in [1.54, 1.807) is 30.3 Å². The smallest absolute Gasteiger partial charge is 0.228 e. The highest BCUT2D eigenvalue weighted by atomic mass is 35.5. The topological polar surface area (TPSA) is 29.1 Å². The first-order valence-electron chi connectivity index (χ1n) is 5.43. The number of hydrogen-bond donors (Lipinski definition) is 1. The molecular formula is C14H11ClFNO. The van der Waals surface area contributed by atoms with Crippen molar-refractivity contribution in [2.75, 3.05) is 5.32 Å². The molecule has 0 heterocycles. The summed E-state index contributed by atoms with van der Waals surface area (Å²) in [5.74, 6) is -0.585.